The van der Waals surface area contributed by atoms with E-state index in [0.717, 1.165) is 17.3 Å². The summed E-state index contributed by atoms with van der Waals surface area (Å²) in [7, 11) is 0. The summed E-state index contributed by atoms with van der Waals surface area (Å²) >= 11 is 1.76. The monoisotopic (exact) mass is 265 g/mol. The number of thioether (sulfide) groups is 1. The second-order valence-corrected chi connectivity index (χ2v) is 6.26. The molecule has 1 aromatic rings. The topological polar surface area (TPSA) is 80.6 Å². The Hall–Kier alpha value is -1.04. The van der Waals surface area contributed by atoms with Gasteiger partial charge in [0.2, 0.25) is 0 Å². The summed E-state index contributed by atoms with van der Waals surface area (Å²) in [6.07, 6.45) is 6.73. The Morgan fingerprint density at radius 1 is 1.33 bits per heavy atom. The number of nitrogens with one attached hydrogen (secondary N) is 1. The summed E-state index contributed by atoms with van der Waals surface area (Å²) in [5.41, 5.74) is 5.35. The van der Waals surface area contributed by atoms with Gasteiger partial charge in [-0.05, 0) is 32.1 Å². The van der Waals surface area contributed by atoms with Gasteiger partial charge in [-0.2, -0.15) is 0 Å². The zero-order valence-corrected chi connectivity index (χ0v) is 11.2. The van der Waals surface area contributed by atoms with Crippen LogP contribution < -0.4 is 5.73 Å². The number of nitrogens with zero attached hydrogens (tertiary/aromatic N) is 3. The minimum absolute atomic E-state index is 0.276. The molecule has 98 valence electrons. The first kappa shape index (κ1) is 12.0. The molecule has 0 atom stereocenters. The van der Waals surface area contributed by atoms with Crippen molar-refractivity contribution in [1.29, 1.82) is 5.41 Å². The van der Waals surface area contributed by atoms with Gasteiger partial charge in [0.25, 0.3) is 0 Å². The minimum atomic E-state index is 0.276. The van der Waals surface area contributed by atoms with Crippen LogP contribution in [0.3, 0.4) is 0 Å². The molecule has 0 spiro atoms. The van der Waals surface area contributed by atoms with Crippen LogP contribution >= 0.6 is 11.8 Å². The molecule has 2 saturated carbocycles. The highest BCUT2D eigenvalue weighted by Crippen LogP contribution is 2.45. The molecule has 6 heteroatoms. The van der Waals surface area contributed by atoms with Gasteiger partial charge in [0.05, 0.1) is 5.84 Å². The molecule has 2 aliphatic rings. The van der Waals surface area contributed by atoms with Gasteiger partial charge in [-0.1, -0.05) is 11.8 Å². The van der Waals surface area contributed by atoms with Gasteiger partial charge in [-0.3, -0.25) is 5.41 Å². The third kappa shape index (κ3) is 2.68. The van der Waals surface area contributed by atoms with Gasteiger partial charge in [0.1, 0.15) is 5.82 Å². The Balaban J connectivity index is 1.62. The van der Waals surface area contributed by atoms with Crippen molar-refractivity contribution >= 4 is 17.6 Å². The zero-order valence-electron chi connectivity index (χ0n) is 10.4. The van der Waals surface area contributed by atoms with Gasteiger partial charge in [0, 0.05) is 24.1 Å². The predicted octanol–water partition coefficient (Wildman–Crippen LogP) is 2.30. The largest absolute Gasteiger partial charge is 0.388 e. The number of hydrogen-bond acceptors (Lipinski definition) is 4. The van der Waals surface area contributed by atoms with Crippen molar-refractivity contribution in [2.24, 2.45) is 5.73 Å². The number of rotatable bonds is 7. The first-order chi connectivity index (χ1) is 8.75. The third-order valence-corrected chi connectivity index (χ3v) is 4.40. The van der Waals surface area contributed by atoms with E-state index in [1.807, 2.05) is 0 Å². The summed E-state index contributed by atoms with van der Waals surface area (Å²) in [5, 5.41) is 17.0. The molecule has 0 amide bonds. The second-order valence-electron chi connectivity index (χ2n) is 5.19. The summed E-state index contributed by atoms with van der Waals surface area (Å²) in [4.78, 5) is 0. The molecule has 2 aliphatic carbocycles. The number of nitrogens with two attached hydrogens (primary N) is 1. The van der Waals surface area contributed by atoms with Crippen LogP contribution in [-0.2, 0) is 0 Å². The average molecular weight is 265 g/mol. The van der Waals surface area contributed by atoms with Crippen LogP contribution in [0.25, 0.3) is 0 Å². The van der Waals surface area contributed by atoms with Crippen LogP contribution in [0, 0.1) is 5.41 Å². The Bertz CT molecular complexity index is 447. The van der Waals surface area contributed by atoms with Crippen LogP contribution in [0.4, 0.5) is 0 Å². The number of hydrogen-bond donors (Lipinski definition) is 2. The van der Waals surface area contributed by atoms with Gasteiger partial charge in [-0.25, -0.2) is 0 Å². The van der Waals surface area contributed by atoms with Crippen LogP contribution in [0.15, 0.2) is 5.16 Å². The molecule has 0 bridgehead atoms. The SMILES string of the molecule is N=C(N)CCCSc1nnc(C2CC2)n1C1CC1. The maximum absolute atomic E-state index is 7.20. The van der Waals surface area contributed by atoms with Gasteiger partial charge >= 0.3 is 0 Å². The Morgan fingerprint density at radius 3 is 2.72 bits per heavy atom. The van der Waals surface area contributed by atoms with Crippen LogP contribution in [0.2, 0.25) is 0 Å². The fourth-order valence-corrected chi connectivity index (χ4v) is 3.06. The quantitative estimate of drug-likeness (QED) is 0.343. The fourth-order valence-electron chi connectivity index (χ4n) is 2.11. The molecule has 18 heavy (non-hydrogen) atoms. The maximum atomic E-state index is 7.20. The summed E-state index contributed by atoms with van der Waals surface area (Å²) < 4.78 is 2.37. The summed E-state index contributed by atoms with van der Waals surface area (Å²) in [6, 6.07) is 0.658. The Morgan fingerprint density at radius 2 is 2.11 bits per heavy atom. The van der Waals surface area contributed by atoms with Crippen molar-refractivity contribution in [2.75, 3.05) is 5.75 Å². The zero-order chi connectivity index (χ0) is 12.5. The van der Waals surface area contributed by atoms with E-state index in [0.29, 0.717) is 18.4 Å². The van der Waals surface area contributed by atoms with E-state index in [1.165, 1.54) is 31.5 Å². The van der Waals surface area contributed by atoms with E-state index in [4.69, 9.17) is 11.1 Å². The highest BCUT2D eigenvalue weighted by molar-refractivity contribution is 7.99. The molecule has 0 unspecified atom stereocenters. The van der Waals surface area contributed by atoms with Crippen molar-refractivity contribution in [2.45, 2.75) is 55.6 Å². The lowest BCUT2D eigenvalue weighted by Crippen LogP contribution is -2.09. The normalized spacial score (nSPS) is 19.1. The van der Waals surface area contributed by atoms with Gasteiger partial charge in [0.15, 0.2) is 5.16 Å². The maximum Gasteiger partial charge on any atom is 0.191 e. The molecule has 3 rings (SSSR count). The lowest BCUT2D eigenvalue weighted by atomic mass is 10.3. The molecule has 1 aromatic heterocycles. The van der Waals surface area contributed by atoms with E-state index in [2.05, 4.69) is 14.8 Å². The first-order valence-corrected chi connectivity index (χ1v) is 7.64. The smallest absolute Gasteiger partial charge is 0.191 e. The summed E-state index contributed by atoms with van der Waals surface area (Å²) in [6.45, 7) is 0. The van der Waals surface area contributed by atoms with E-state index in [-0.39, 0.29) is 5.84 Å². The van der Waals surface area contributed by atoms with Crippen LogP contribution in [0.1, 0.15) is 56.3 Å². The van der Waals surface area contributed by atoms with E-state index < -0.39 is 0 Å². The Labute approximate surface area is 111 Å². The van der Waals surface area contributed by atoms with Crippen molar-refractivity contribution in [3.05, 3.63) is 5.82 Å². The molecule has 0 aliphatic heterocycles. The molecule has 0 saturated heterocycles. The third-order valence-electron chi connectivity index (χ3n) is 3.37. The second kappa shape index (κ2) is 4.91. The highest BCUT2D eigenvalue weighted by Gasteiger charge is 2.36. The number of amidine groups is 1. The van der Waals surface area contributed by atoms with Gasteiger partial charge in [-0.15, -0.1) is 10.2 Å². The summed E-state index contributed by atoms with van der Waals surface area (Å²) in [5.74, 6) is 3.13. The van der Waals surface area contributed by atoms with Crippen LogP contribution in [0.5, 0.6) is 0 Å². The van der Waals surface area contributed by atoms with Crippen molar-refractivity contribution < 1.29 is 0 Å². The fraction of sp³-hybridized carbons (Fsp3) is 0.750. The molecule has 1 heterocycles. The van der Waals surface area contributed by atoms with Crippen LogP contribution in [-0.4, -0.2) is 26.4 Å². The van der Waals surface area contributed by atoms with Crippen molar-refractivity contribution in [1.82, 2.24) is 14.8 Å². The molecular formula is C12H19N5S. The minimum Gasteiger partial charge on any atom is -0.388 e. The molecule has 0 aromatic carbocycles. The van der Waals surface area contributed by atoms with Gasteiger partial charge < -0.3 is 10.3 Å². The molecule has 5 nitrogen and oxygen atoms in total. The van der Waals surface area contributed by atoms with Crippen molar-refractivity contribution in [3.8, 4) is 0 Å². The lowest BCUT2D eigenvalue weighted by molar-refractivity contribution is 0.626. The lowest BCUT2D eigenvalue weighted by Gasteiger charge is -2.07. The first-order valence-electron chi connectivity index (χ1n) is 6.66. The number of aromatic nitrogens is 3. The highest BCUT2D eigenvalue weighted by atomic mass is 32.2. The predicted molar refractivity (Wildman–Crippen MR) is 72.1 cm³/mol. The molecular weight excluding hydrogens is 246 g/mol. The molecule has 3 N–H and O–H groups in total. The van der Waals surface area contributed by atoms with E-state index >= 15 is 0 Å². The van der Waals surface area contributed by atoms with E-state index in [9.17, 15) is 0 Å². The standard InChI is InChI=1S/C12H19N5S/c13-10(14)2-1-7-18-12-16-15-11(8-3-4-8)17(12)9-5-6-9/h8-9H,1-7H2,(H3,13,14). The molecule has 2 fully saturated rings. The average Bonchev–Trinajstić information content (AvgIpc) is 3.23. The Kier molecular flexibility index (Phi) is 3.28. The van der Waals surface area contributed by atoms with Crippen molar-refractivity contribution in [3.63, 3.8) is 0 Å². The molecule has 0 radical (unpaired) electrons. The van der Waals surface area contributed by atoms with E-state index in [1.54, 1.807) is 11.8 Å².